The molecule has 8 nitrogen and oxygen atoms in total. The van der Waals surface area contributed by atoms with E-state index in [1.807, 2.05) is 72.8 Å². The summed E-state index contributed by atoms with van der Waals surface area (Å²) in [4.78, 5) is 12.4. The molecule has 0 bridgehead atoms. The molecule has 1 aromatic heterocycles. The van der Waals surface area contributed by atoms with E-state index in [-0.39, 0.29) is 5.69 Å². The summed E-state index contributed by atoms with van der Waals surface area (Å²) in [6.45, 7) is 0.431. The van der Waals surface area contributed by atoms with E-state index in [9.17, 15) is 4.79 Å². The topological polar surface area (TPSA) is 97.8 Å². The second kappa shape index (κ2) is 10.8. The van der Waals surface area contributed by atoms with Gasteiger partial charge < -0.3 is 14.2 Å². The van der Waals surface area contributed by atoms with Gasteiger partial charge in [-0.1, -0.05) is 30.3 Å². The standard InChI is InChI=1S/C26H24N4O4/c1-32-21-11-8-18(9-12-21)16-27-30-26(31)23-15-22(28-29-23)20-10-13-24(25(14-20)33-2)34-17-19-6-4-3-5-7-19/h3-16H,17H2,1-2H3,(H,28,29)(H,30,31)/b27-16+. The highest BCUT2D eigenvalue weighted by Crippen LogP contribution is 2.32. The zero-order valence-electron chi connectivity index (χ0n) is 18.8. The fourth-order valence-corrected chi connectivity index (χ4v) is 3.18. The molecule has 0 aliphatic rings. The van der Waals surface area contributed by atoms with Crippen LogP contribution in [0.5, 0.6) is 17.2 Å². The molecule has 4 rings (SSSR count). The summed E-state index contributed by atoms with van der Waals surface area (Å²) < 4.78 is 16.5. The molecule has 172 valence electrons. The number of hydrogen-bond donors (Lipinski definition) is 2. The highest BCUT2D eigenvalue weighted by molar-refractivity contribution is 5.94. The zero-order valence-corrected chi connectivity index (χ0v) is 18.8. The molecular formula is C26H24N4O4. The molecule has 0 fully saturated rings. The van der Waals surface area contributed by atoms with E-state index in [0.717, 1.165) is 22.4 Å². The minimum absolute atomic E-state index is 0.283. The van der Waals surface area contributed by atoms with Gasteiger partial charge in [0.1, 0.15) is 18.1 Å². The second-order valence-electron chi connectivity index (χ2n) is 7.28. The summed E-state index contributed by atoms with van der Waals surface area (Å²) in [6, 6.07) is 24.4. The van der Waals surface area contributed by atoms with Crippen LogP contribution in [0.25, 0.3) is 11.3 Å². The van der Waals surface area contributed by atoms with Crippen LogP contribution in [0.2, 0.25) is 0 Å². The Balaban J connectivity index is 1.40. The summed E-state index contributed by atoms with van der Waals surface area (Å²) in [6.07, 6.45) is 1.55. The Hall–Kier alpha value is -4.59. The molecule has 0 aliphatic carbocycles. The van der Waals surface area contributed by atoms with Crippen molar-refractivity contribution in [2.75, 3.05) is 14.2 Å². The number of hydrogen-bond acceptors (Lipinski definition) is 6. The molecule has 1 amide bonds. The SMILES string of the molecule is COc1ccc(/C=N/NC(=O)c2cc(-c3ccc(OCc4ccccc4)c(OC)c3)n[nH]2)cc1. The van der Waals surface area contributed by atoms with Crippen molar-refractivity contribution in [1.82, 2.24) is 15.6 Å². The fraction of sp³-hybridized carbons (Fsp3) is 0.115. The number of aromatic nitrogens is 2. The van der Waals surface area contributed by atoms with Crippen molar-refractivity contribution in [1.29, 1.82) is 0 Å². The van der Waals surface area contributed by atoms with Crippen LogP contribution in [0, 0.1) is 0 Å². The van der Waals surface area contributed by atoms with Gasteiger partial charge in [0.15, 0.2) is 11.5 Å². The quantitative estimate of drug-likeness (QED) is 0.287. The summed E-state index contributed by atoms with van der Waals surface area (Å²) in [5, 5.41) is 11.0. The average molecular weight is 457 g/mol. The van der Waals surface area contributed by atoms with Gasteiger partial charge >= 0.3 is 0 Å². The Morgan fingerprint density at radius 3 is 2.50 bits per heavy atom. The lowest BCUT2D eigenvalue weighted by molar-refractivity contribution is 0.0950. The molecule has 0 radical (unpaired) electrons. The molecule has 0 spiro atoms. The van der Waals surface area contributed by atoms with Crippen molar-refractivity contribution in [3.63, 3.8) is 0 Å². The number of methoxy groups -OCH3 is 2. The van der Waals surface area contributed by atoms with Crippen molar-refractivity contribution in [2.24, 2.45) is 5.10 Å². The molecule has 34 heavy (non-hydrogen) atoms. The number of carbonyl (C=O) groups is 1. The fourth-order valence-electron chi connectivity index (χ4n) is 3.18. The van der Waals surface area contributed by atoms with Crippen LogP contribution < -0.4 is 19.6 Å². The number of nitrogens with one attached hydrogen (secondary N) is 2. The number of nitrogens with zero attached hydrogens (tertiary/aromatic N) is 2. The molecule has 2 N–H and O–H groups in total. The highest BCUT2D eigenvalue weighted by Gasteiger charge is 2.13. The van der Waals surface area contributed by atoms with Crippen molar-refractivity contribution >= 4 is 12.1 Å². The molecule has 0 saturated heterocycles. The molecule has 0 atom stereocenters. The third-order valence-electron chi connectivity index (χ3n) is 5.01. The zero-order chi connectivity index (χ0) is 23.8. The van der Waals surface area contributed by atoms with E-state index in [2.05, 4.69) is 20.7 Å². The maximum atomic E-state index is 12.4. The van der Waals surface area contributed by atoms with Gasteiger partial charge in [0.2, 0.25) is 0 Å². The predicted octanol–water partition coefficient (Wildman–Crippen LogP) is 4.44. The molecule has 0 saturated carbocycles. The number of aromatic amines is 1. The first kappa shape index (κ1) is 22.6. The number of hydrazone groups is 1. The Bertz CT molecular complexity index is 1270. The van der Waals surface area contributed by atoms with Gasteiger partial charge in [-0.25, -0.2) is 5.43 Å². The van der Waals surface area contributed by atoms with Crippen molar-refractivity contribution < 1.29 is 19.0 Å². The normalized spacial score (nSPS) is 10.8. The van der Waals surface area contributed by atoms with Crippen LogP contribution in [0.15, 0.2) is 84.0 Å². The van der Waals surface area contributed by atoms with E-state index in [0.29, 0.717) is 23.8 Å². The maximum Gasteiger partial charge on any atom is 0.289 e. The van der Waals surface area contributed by atoms with E-state index in [4.69, 9.17) is 14.2 Å². The minimum Gasteiger partial charge on any atom is -0.497 e. The Morgan fingerprint density at radius 2 is 1.76 bits per heavy atom. The monoisotopic (exact) mass is 456 g/mol. The van der Waals surface area contributed by atoms with Crippen molar-refractivity contribution in [3.05, 3.63) is 95.7 Å². The Labute approximate surface area is 197 Å². The smallest absolute Gasteiger partial charge is 0.289 e. The van der Waals surface area contributed by atoms with Gasteiger partial charge in [-0.2, -0.15) is 10.2 Å². The number of amides is 1. The summed E-state index contributed by atoms with van der Waals surface area (Å²) in [5.74, 6) is 1.54. The maximum absolute atomic E-state index is 12.4. The first-order valence-electron chi connectivity index (χ1n) is 10.5. The van der Waals surface area contributed by atoms with E-state index < -0.39 is 5.91 Å². The lowest BCUT2D eigenvalue weighted by atomic mass is 10.1. The van der Waals surface area contributed by atoms with Crippen LogP contribution >= 0.6 is 0 Å². The first-order valence-corrected chi connectivity index (χ1v) is 10.5. The number of H-pyrrole nitrogens is 1. The Kier molecular flexibility index (Phi) is 7.19. The highest BCUT2D eigenvalue weighted by atomic mass is 16.5. The molecule has 0 unspecified atom stereocenters. The third-order valence-corrected chi connectivity index (χ3v) is 5.01. The van der Waals surface area contributed by atoms with Crippen molar-refractivity contribution in [3.8, 4) is 28.5 Å². The summed E-state index contributed by atoms with van der Waals surface area (Å²) >= 11 is 0. The average Bonchev–Trinajstić information content (AvgIpc) is 3.39. The Morgan fingerprint density at radius 1 is 0.971 bits per heavy atom. The van der Waals surface area contributed by atoms with Gasteiger partial charge in [-0.3, -0.25) is 9.89 Å². The number of carbonyl (C=O) groups excluding carboxylic acids is 1. The summed E-state index contributed by atoms with van der Waals surface area (Å²) in [7, 11) is 3.19. The third kappa shape index (κ3) is 5.60. The molecule has 8 heteroatoms. The number of benzene rings is 3. The first-order chi connectivity index (χ1) is 16.7. The lowest BCUT2D eigenvalue weighted by Crippen LogP contribution is -2.17. The predicted molar refractivity (Wildman–Crippen MR) is 129 cm³/mol. The van der Waals surface area contributed by atoms with Crippen LogP contribution in [-0.2, 0) is 6.61 Å². The second-order valence-corrected chi connectivity index (χ2v) is 7.28. The summed E-state index contributed by atoms with van der Waals surface area (Å²) in [5.41, 5.74) is 6.03. The lowest BCUT2D eigenvalue weighted by Gasteiger charge is -2.11. The van der Waals surface area contributed by atoms with Crippen molar-refractivity contribution in [2.45, 2.75) is 6.61 Å². The minimum atomic E-state index is -0.404. The molecule has 4 aromatic rings. The van der Waals surface area contributed by atoms with E-state index >= 15 is 0 Å². The van der Waals surface area contributed by atoms with Gasteiger partial charge in [0.25, 0.3) is 5.91 Å². The van der Waals surface area contributed by atoms with E-state index in [1.54, 1.807) is 26.5 Å². The largest absolute Gasteiger partial charge is 0.497 e. The van der Waals surface area contributed by atoms with E-state index in [1.165, 1.54) is 0 Å². The molecule has 1 heterocycles. The van der Waals surface area contributed by atoms with Gasteiger partial charge in [-0.05, 0) is 59.7 Å². The number of rotatable bonds is 9. The number of ether oxygens (including phenoxy) is 3. The van der Waals surface area contributed by atoms with Crippen LogP contribution in [0.3, 0.4) is 0 Å². The van der Waals surface area contributed by atoms with Gasteiger partial charge in [0.05, 0.1) is 26.1 Å². The molecule has 0 aliphatic heterocycles. The van der Waals surface area contributed by atoms with Gasteiger partial charge in [-0.15, -0.1) is 0 Å². The van der Waals surface area contributed by atoms with Gasteiger partial charge in [0, 0.05) is 5.56 Å². The van der Waals surface area contributed by atoms with Crippen LogP contribution in [0.1, 0.15) is 21.6 Å². The van der Waals surface area contributed by atoms with Crippen LogP contribution in [-0.4, -0.2) is 36.5 Å². The molecule has 3 aromatic carbocycles. The van der Waals surface area contributed by atoms with Crippen LogP contribution in [0.4, 0.5) is 0 Å². The molecular weight excluding hydrogens is 432 g/mol.